The number of aryl methyl sites for hydroxylation is 1. The van der Waals surface area contributed by atoms with Gasteiger partial charge in [0.1, 0.15) is 11.5 Å². The van der Waals surface area contributed by atoms with Gasteiger partial charge in [0.25, 0.3) is 0 Å². The van der Waals surface area contributed by atoms with Crippen LogP contribution < -0.4 is 15.0 Å². The molecule has 1 fully saturated rings. The molecule has 0 radical (unpaired) electrons. The fourth-order valence-corrected chi connectivity index (χ4v) is 3.79. The molecule has 1 atom stereocenters. The predicted molar refractivity (Wildman–Crippen MR) is 114 cm³/mol. The van der Waals surface area contributed by atoms with Crippen molar-refractivity contribution in [2.75, 3.05) is 23.9 Å². The molecular weight excluding hydrogens is 396 g/mol. The van der Waals surface area contributed by atoms with Gasteiger partial charge in [0.15, 0.2) is 11.6 Å². The summed E-state index contributed by atoms with van der Waals surface area (Å²) in [5.41, 5.74) is 2.46. The molecule has 0 bridgehead atoms. The highest BCUT2D eigenvalue weighted by atomic mass is 16.5. The molecule has 5 heterocycles. The summed E-state index contributed by atoms with van der Waals surface area (Å²) in [6.07, 6.45) is 5.37. The SMILES string of the molecule is COc1ncccc1-c1cc([C@@H]2CCCN2c2nccc(Nc3cc(C)[nH]n3)n2)on1. The number of nitrogens with zero attached hydrogens (tertiary/aromatic N) is 6. The standard InChI is InChI=1S/C21H22N8O2/c1-13-11-19(27-26-13)24-18-7-9-23-21(25-18)29-10-4-6-16(29)17-12-15(28-31-17)14-5-3-8-22-20(14)30-2/h3,5,7-9,11-12,16H,4,6,10H2,1-2H3,(H2,23,24,25,26,27)/t16-/m0/s1. The molecule has 0 amide bonds. The van der Waals surface area contributed by atoms with Gasteiger partial charge >= 0.3 is 0 Å². The summed E-state index contributed by atoms with van der Waals surface area (Å²) in [6.45, 7) is 2.78. The average Bonchev–Trinajstić information content (AvgIpc) is 3.54. The maximum atomic E-state index is 5.72. The highest BCUT2D eigenvalue weighted by molar-refractivity contribution is 5.64. The lowest BCUT2D eigenvalue weighted by molar-refractivity contribution is 0.361. The van der Waals surface area contributed by atoms with Crippen molar-refractivity contribution in [3.8, 4) is 17.1 Å². The topological polar surface area (TPSA) is 118 Å². The predicted octanol–water partition coefficient (Wildman–Crippen LogP) is 3.65. The van der Waals surface area contributed by atoms with Gasteiger partial charge in [-0.15, -0.1) is 0 Å². The van der Waals surface area contributed by atoms with Crippen LogP contribution in [0.3, 0.4) is 0 Å². The summed E-state index contributed by atoms with van der Waals surface area (Å²) >= 11 is 0. The molecule has 0 spiro atoms. The Kier molecular flexibility index (Phi) is 4.95. The van der Waals surface area contributed by atoms with E-state index in [9.17, 15) is 0 Å². The van der Waals surface area contributed by atoms with Crippen molar-refractivity contribution < 1.29 is 9.26 Å². The van der Waals surface area contributed by atoms with Gasteiger partial charge in [0, 0.05) is 36.8 Å². The number of H-pyrrole nitrogens is 1. The Balaban J connectivity index is 1.39. The molecule has 10 heteroatoms. The van der Waals surface area contributed by atoms with E-state index < -0.39 is 0 Å². The zero-order chi connectivity index (χ0) is 21.2. The minimum Gasteiger partial charge on any atom is -0.481 e. The Hall–Kier alpha value is -3.95. The van der Waals surface area contributed by atoms with Crippen molar-refractivity contribution in [1.29, 1.82) is 0 Å². The number of hydrogen-bond acceptors (Lipinski definition) is 9. The van der Waals surface area contributed by atoms with E-state index in [1.165, 1.54) is 0 Å². The lowest BCUT2D eigenvalue weighted by Crippen LogP contribution is -2.24. The van der Waals surface area contributed by atoms with E-state index in [4.69, 9.17) is 9.26 Å². The maximum absolute atomic E-state index is 5.72. The molecule has 10 nitrogen and oxygen atoms in total. The molecule has 0 aromatic carbocycles. The second kappa shape index (κ2) is 8.05. The van der Waals surface area contributed by atoms with Crippen LogP contribution in [0.15, 0.2) is 47.2 Å². The third-order valence-corrected chi connectivity index (χ3v) is 5.21. The van der Waals surface area contributed by atoms with Crippen molar-refractivity contribution in [2.45, 2.75) is 25.8 Å². The highest BCUT2D eigenvalue weighted by Crippen LogP contribution is 2.37. The van der Waals surface area contributed by atoms with Crippen LogP contribution in [0.1, 0.15) is 30.3 Å². The van der Waals surface area contributed by atoms with Crippen molar-refractivity contribution in [3.05, 3.63) is 54.2 Å². The van der Waals surface area contributed by atoms with Gasteiger partial charge in [-0.05, 0) is 38.0 Å². The lowest BCUT2D eigenvalue weighted by atomic mass is 10.1. The number of anilines is 3. The summed E-state index contributed by atoms with van der Waals surface area (Å²) in [5, 5.41) is 14.6. The van der Waals surface area contributed by atoms with Crippen LogP contribution in [0.5, 0.6) is 5.88 Å². The van der Waals surface area contributed by atoms with Crippen molar-refractivity contribution in [2.24, 2.45) is 0 Å². The number of rotatable bonds is 6. The second-order valence-corrected chi connectivity index (χ2v) is 7.33. The molecular formula is C21H22N8O2. The van der Waals surface area contributed by atoms with Gasteiger partial charge in [-0.2, -0.15) is 10.1 Å². The molecule has 4 aromatic rings. The van der Waals surface area contributed by atoms with Crippen LogP contribution in [0.2, 0.25) is 0 Å². The van der Waals surface area contributed by atoms with Gasteiger partial charge in [-0.3, -0.25) is 5.10 Å². The normalized spacial score (nSPS) is 15.9. The first-order valence-corrected chi connectivity index (χ1v) is 10.1. The molecule has 0 saturated carbocycles. The smallest absolute Gasteiger partial charge is 0.227 e. The zero-order valence-corrected chi connectivity index (χ0v) is 17.2. The van der Waals surface area contributed by atoms with Crippen LogP contribution >= 0.6 is 0 Å². The minimum absolute atomic E-state index is 0.00629. The molecule has 0 aliphatic carbocycles. The van der Waals surface area contributed by atoms with Crippen LogP contribution in [0.4, 0.5) is 17.6 Å². The van der Waals surface area contributed by atoms with Gasteiger partial charge in [0.2, 0.25) is 11.8 Å². The number of ether oxygens (including phenoxy) is 1. The minimum atomic E-state index is 0.00629. The lowest BCUT2D eigenvalue weighted by Gasteiger charge is -2.22. The number of methoxy groups -OCH3 is 1. The first-order valence-electron chi connectivity index (χ1n) is 10.1. The van der Waals surface area contributed by atoms with Crippen LogP contribution in [0.25, 0.3) is 11.3 Å². The number of pyridine rings is 1. The van der Waals surface area contributed by atoms with Gasteiger partial charge in [-0.1, -0.05) is 5.16 Å². The fraction of sp³-hybridized carbons (Fsp3) is 0.286. The average molecular weight is 418 g/mol. The number of hydrogen-bond donors (Lipinski definition) is 2. The van der Waals surface area contributed by atoms with E-state index in [1.54, 1.807) is 19.5 Å². The van der Waals surface area contributed by atoms with Crippen LogP contribution in [-0.4, -0.2) is 44.0 Å². The largest absolute Gasteiger partial charge is 0.481 e. The van der Waals surface area contributed by atoms with Gasteiger partial charge < -0.3 is 19.5 Å². The van der Waals surface area contributed by atoms with Crippen molar-refractivity contribution >= 4 is 17.6 Å². The molecule has 31 heavy (non-hydrogen) atoms. The third-order valence-electron chi connectivity index (χ3n) is 5.21. The molecule has 158 valence electrons. The van der Waals surface area contributed by atoms with E-state index in [2.05, 4.69) is 40.5 Å². The van der Waals surface area contributed by atoms with E-state index in [0.29, 0.717) is 29.2 Å². The Morgan fingerprint density at radius 3 is 2.97 bits per heavy atom. The number of aromatic amines is 1. The highest BCUT2D eigenvalue weighted by Gasteiger charge is 2.31. The van der Waals surface area contributed by atoms with E-state index in [1.807, 2.05) is 37.3 Å². The summed E-state index contributed by atoms with van der Waals surface area (Å²) < 4.78 is 11.1. The Bertz CT molecular complexity index is 1190. The summed E-state index contributed by atoms with van der Waals surface area (Å²) in [6, 6.07) is 9.45. The Morgan fingerprint density at radius 1 is 1.19 bits per heavy atom. The molecule has 4 aromatic heterocycles. The molecule has 5 rings (SSSR count). The molecule has 0 unspecified atom stereocenters. The first kappa shape index (κ1) is 19.0. The zero-order valence-electron chi connectivity index (χ0n) is 17.2. The molecule has 1 saturated heterocycles. The molecule has 1 aliphatic rings. The van der Waals surface area contributed by atoms with E-state index in [0.717, 1.165) is 36.4 Å². The number of aromatic nitrogens is 6. The first-order chi connectivity index (χ1) is 15.2. The summed E-state index contributed by atoms with van der Waals surface area (Å²) in [4.78, 5) is 15.6. The van der Waals surface area contributed by atoms with Crippen LogP contribution in [-0.2, 0) is 0 Å². The maximum Gasteiger partial charge on any atom is 0.227 e. The van der Waals surface area contributed by atoms with E-state index >= 15 is 0 Å². The van der Waals surface area contributed by atoms with Crippen molar-refractivity contribution in [1.82, 2.24) is 30.3 Å². The monoisotopic (exact) mass is 418 g/mol. The molecule has 2 N–H and O–H groups in total. The van der Waals surface area contributed by atoms with E-state index in [-0.39, 0.29) is 6.04 Å². The third kappa shape index (κ3) is 3.79. The van der Waals surface area contributed by atoms with Crippen LogP contribution in [0, 0.1) is 6.92 Å². The summed E-state index contributed by atoms with van der Waals surface area (Å²) in [7, 11) is 1.59. The summed E-state index contributed by atoms with van der Waals surface area (Å²) in [5.74, 6) is 3.31. The Morgan fingerprint density at radius 2 is 2.13 bits per heavy atom. The van der Waals surface area contributed by atoms with Gasteiger partial charge in [-0.25, -0.2) is 9.97 Å². The molecule has 1 aliphatic heterocycles. The number of nitrogens with one attached hydrogen (secondary N) is 2. The fourth-order valence-electron chi connectivity index (χ4n) is 3.79. The second-order valence-electron chi connectivity index (χ2n) is 7.33. The van der Waals surface area contributed by atoms with Crippen molar-refractivity contribution in [3.63, 3.8) is 0 Å². The van der Waals surface area contributed by atoms with Gasteiger partial charge in [0.05, 0.1) is 18.7 Å². The Labute approximate surface area is 178 Å². The quantitative estimate of drug-likeness (QED) is 0.483.